The van der Waals surface area contributed by atoms with Crippen LogP contribution in [0.25, 0.3) is 0 Å². The van der Waals surface area contributed by atoms with E-state index in [9.17, 15) is 9.90 Å². The van der Waals surface area contributed by atoms with Crippen molar-refractivity contribution in [3.63, 3.8) is 0 Å². The van der Waals surface area contributed by atoms with E-state index in [4.69, 9.17) is 9.47 Å². The molecule has 0 heterocycles. The maximum absolute atomic E-state index is 11.6. The van der Waals surface area contributed by atoms with Crippen molar-refractivity contribution in [3.8, 4) is 11.5 Å². The Kier molecular flexibility index (Phi) is 7.67. The maximum Gasteiger partial charge on any atom is 0.390 e. The average molecular weight is 316 g/mol. The monoisotopic (exact) mass is 316 g/mol. The van der Waals surface area contributed by atoms with Crippen molar-refractivity contribution in [1.29, 1.82) is 0 Å². The number of hydrogen-bond donors (Lipinski definition) is 1. The Bertz CT molecular complexity index is 525. The zero-order valence-corrected chi connectivity index (χ0v) is 13.9. The van der Waals surface area contributed by atoms with Crippen molar-refractivity contribution >= 4 is 5.97 Å². The molecule has 0 atom stereocenters. The molecular formula is C19H24O4. The Morgan fingerprint density at radius 1 is 0.870 bits per heavy atom. The lowest BCUT2D eigenvalue weighted by Gasteiger charge is -2.29. The van der Waals surface area contributed by atoms with Gasteiger partial charge in [-0.1, -0.05) is 63.6 Å². The molecule has 0 spiro atoms. The summed E-state index contributed by atoms with van der Waals surface area (Å²) in [4.78, 5) is 11.6. The van der Waals surface area contributed by atoms with Crippen LogP contribution in [-0.2, 0) is 4.79 Å². The standard InChI is InChI=1S/C16H16O4.C3H8/c1-2-16(15(17)18,19-13-9-5-3-6-10-13)20-14-11-7-4-8-12-14;1-3-2/h3-12H,2H2,1H3,(H,17,18);3H2,1-2H3. The van der Waals surface area contributed by atoms with Crippen molar-refractivity contribution in [3.05, 3.63) is 60.7 Å². The van der Waals surface area contributed by atoms with Gasteiger partial charge in [-0.15, -0.1) is 0 Å². The molecule has 0 unspecified atom stereocenters. The summed E-state index contributed by atoms with van der Waals surface area (Å²) < 4.78 is 11.2. The third-order valence-electron chi connectivity index (χ3n) is 2.84. The van der Waals surface area contributed by atoms with Crippen LogP contribution in [-0.4, -0.2) is 16.9 Å². The Labute approximate surface area is 137 Å². The summed E-state index contributed by atoms with van der Waals surface area (Å²) in [6, 6.07) is 17.6. The number of carboxylic acids is 1. The summed E-state index contributed by atoms with van der Waals surface area (Å²) >= 11 is 0. The van der Waals surface area contributed by atoms with E-state index in [-0.39, 0.29) is 6.42 Å². The molecule has 4 nitrogen and oxygen atoms in total. The molecule has 0 bridgehead atoms. The fourth-order valence-electron chi connectivity index (χ4n) is 1.76. The summed E-state index contributed by atoms with van der Waals surface area (Å²) in [6.45, 7) is 5.96. The highest BCUT2D eigenvalue weighted by atomic mass is 16.7. The van der Waals surface area contributed by atoms with Crippen molar-refractivity contribution < 1.29 is 19.4 Å². The molecule has 0 radical (unpaired) electrons. The van der Waals surface area contributed by atoms with Crippen LogP contribution in [0.2, 0.25) is 0 Å². The van der Waals surface area contributed by atoms with E-state index >= 15 is 0 Å². The predicted molar refractivity (Wildman–Crippen MR) is 90.8 cm³/mol. The van der Waals surface area contributed by atoms with Crippen LogP contribution >= 0.6 is 0 Å². The SMILES string of the molecule is CCC.CCC(Oc1ccccc1)(Oc1ccccc1)C(=O)O. The number of ether oxygens (including phenoxy) is 2. The zero-order chi connectivity index (χ0) is 17.1. The molecule has 0 saturated heterocycles. The zero-order valence-electron chi connectivity index (χ0n) is 13.9. The fourth-order valence-corrected chi connectivity index (χ4v) is 1.76. The Hall–Kier alpha value is -2.49. The van der Waals surface area contributed by atoms with Gasteiger partial charge < -0.3 is 14.6 Å². The normalized spacial score (nSPS) is 10.2. The van der Waals surface area contributed by atoms with Gasteiger partial charge in [-0.3, -0.25) is 0 Å². The van der Waals surface area contributed by atoms with Crippen LogP contribution in [0.4, 0.5) is 0 Å². The van der Waals surface area contributed by atoms with Crippen molar-refractivity contribution in [1.82, 2.24) is 0 Å². The maximum atomic E-state index is 11.6. The highest BCUT2D eigenvalue weighted by Crippen LogP contribution is 2.26. The number of rotatable bonds is 6. The molecule has 0 aliphatic rings. The van der Waals surface area contributed by atoms with Crippen LogP contribution in [0.3, 0.4) is 0 Å². The van der Waals surface area contributed by atoms with E-state index in [0.717, 1.165) is 0 Å². The van der Waals surface area contributed by atoms with Gasteiger partial charge in [0.25, 0.3) is 0 Å². The second-order valence-electron chi connectivity index (χ2n) is 4.95. The first kappa shape index (κ1) is 18.6. The molecule has 1 N–H and O–H groups in total. The molecular weight excluding hydrogens is 292 g/mol. The van der Waals surface area contributed by atoms with Gasteiger partial charge in [0.15, 0.2) is 0 Å². The highest BCUT2D eigenvalue weighted by Gasteiger charge is 2.42. The lowest BCUT2D eigenvalue weighted by atomic mass is 10.2. The molecule has 0 fully saturated rings. The summed E-state index contributed by atoms with van der Waals surface area (Å²) in [5.41, 5.74) is 0. The van der Waals surface area contributed by atoms with E-state index in [1.165, 1.54) is 6.42 Å². The lowest BCUT2D eigenvalue weighted by Crippen LogP contribution is -2.49. The van der Waals surface area contributed by atoms with Gasteiger partial charge in [-0.05, 0) is 24.3 Å². The van der Waals surface area contributed by atoms with Crippen LogP contribution in [0, 0.1) is 0 Å². The third kappa shape index (κ3) is 5.66. The molecule has 2 aromatic carbocycles. The summed E-state index contributed by atoms with van der Waals surface area (Å²) in [6.07, 6.45) is 1.42. The molecule has 23 heavy (non-hydrogen) atoms. The summed E-state index contributed by atoms with van der Waals surface area (Å²) in [5, 5.41) is 9.50. The van der Waals surface area contributed by atoms with E-state index in [0.29, 0.717) is 11.5 Å². The summed E-state index contributed by atoms with van der Waals surface area (Å²) in [5.74, 6) is -1.99. The van der Waals surface area contributed by atoms with E-state index in [2.05, 4.69) is 13.8 Å². The van der Waals surface area contributed by atoms with Crippen molar-refractivity contribution in [2.75, 3.05) is 0 Å². The number of aliphatic carboxylic acids is 1. The molecule has 0 aliphatic heterocycles. The van der Waals surface area contributed by atoms with E-state index in [1.54, 1.807) is 55.5 Å². The van der Waals surface area contributed by atoms with Crippen LogP contribution in [0.1, 0.15) is 33.6 Å². The molecule has 0 aliphatic carbocycles. The van der Waals surface area contributed by atoms with Gasteiger partial charge in [0.2, 0.25) is 0 Å². The molecule has 0 aromatic heterocycles. The molecule has 0 saturated carbocycles. The predicted octanol–water partition coefficient (Wildman–Crippen LogP) is 4.75. The molecule has 4 heteroatoms. The first-order valence-corrected chi connectivity index (χ1v) is 7.79. The number of carbonyl (C=O) groups is 1. The fraction of sp³-hybridized carbons (Fsp3) is 0.316. The third-order valence-corrected chi connectivity index (χ3v) is 2.84. The number of benzene rings is 2. The first-order chi connectivity index (χ1) is 11.1. The van der Waals surface area contributed by atoms with Crippen molar-refractivity contribution in [2.24, 2.45) is 0 Å². The Morgan fingerprint density at radius 3 is 1.48 bits per heavy atom. The second-order valence-corrected chi connectivity index (χ2v) is 4.95. The smallest absolute Gasteiger partial charge is 0.390 e. The lowest BCUT2D eigenvalue weighted by molar-refractivity contribution is -0.186. The number of carboxylic acid groups (broad SMARTS) is 1. The molecule has 0 amide bonds. The average Bonchev–Trinajstić information content (AvgIpc) is 2.56. The Morgan fingerprint density at radius 2 is 1.22 bits per heavy atom. The minimum absolute atomic E-state index is 0.173. The minimum atomic E-state index is -1.73. The van der Waals surface area contributed by atoms with Crippen LogP contribution in [0.15, 0.2) is 60.7 Å². The first-order valence-electron chi connectivity index (χ1n) is 7.79. The number of hydrogen-bond acceptors (Lipinski definition) is 3. The van der Waals surface area contributed by atoms with E-state index in [1.807, 2.05) is 12.1 Å². The minimum Gasteiger partial charge on any atom is -0.475 e. The van der Waals surface area contributed by atoms with Gasteiger partial charge in [0.05, 0.1) is 0 Å². The van der Waals surface area contributed by atoms with Gasteiger partial charge in [0, 0.05) is 6.42 Å². The number of para-hydroxylation sites is 2. The van der Waals surface area contributed by atoms with Crippen LogP contribution < -0.4 is 9.47 Å². The van der Waals surface area contributed by atoms with Gasteiger partial charge >= 0.3 is 11.8 Å². The van der Waals surface area contributed by atoms with E-state index < -0.39 is 11.8 Å². The van der Waals surface area contributed by atoms with Crippen LogP contribution in [0.5, 0.6) is 11.5 Å². The van der Waals surface area contributed by atoms with Gasteiger partial charge in [-0.2, -0.15) is 0 Å². The Balaban J connectivity index is 0.000000816. The molecule has 2 rings (SSSR count). The quantitative estimate of drug-likeness (QED) is 0.781. The van der Waals surface area contributed by atoms with Gasteiger partial charge in [0.1, 0.15) is 11.5 Å². The molecule has 2 aromatic rings. The largest absolute Gasteiger partial charge is 0.475 e. The highest BCUT2D eigenvalue weighted by molar-refractivity contribution is 5.76. The molecule has 124 valence electrons. The topological polar surface area (TPSA) is 55.8 Å². The second kappa shape index (κ2) is 9.51. The summed E-state index contributed by atoms with van der Waals surface area (Å²) in [7, 11) is 0. The van der Waals surface area contributed by atoms with Gasteiger partial charge in [-0.25, -0.2) is 4.79 Å². The van der Waals surface area contributed by atoms with Crippen molar-refractivity contribution in [2.45, 2.75) is 39.4 Å².